The summed E-state index contributed by atoms with van der Waals surface area (Å²) in [6, 6.07) is 3.75. The third kappa shape index (κ3) is 3.82. The van der Waals surface area contributed by atoms with Crippen LogP contribution in [-0.4, -0.2) is 55.4 Å². The number of rotatable bonds is 1. The van der Waals surface area contributed by atoms with Crippen LogP contribution in [0.1, 0.15) is 20.8 Å². The van der Waals surface area contributed by atoms with Crippen molar-refractivity contribution in [1.82, 2.24) is 14.6 Å². The van der Waals surface area contributed by atoms with Crippen LogP contribution in [0.3, 0.4) is 0 Å². The topological polar surface area (TPSA) is 106 Å². The van der Waals surface area contributed by atoms with Gasteiger partial charge in [-0.2, -0.15) is 5.10 Å². The molecule has 4 N–H and O–H groups in total. The molecular weight excluding hydrogens is 315 g/mol. The highest BCUT2D eigenvalue weighted by Gasteiger charge is 2.52. The SMILES string of the molecule is C#C[C@]1(CO)OC(C)[C@H](F)[C@@H]1O.CC.Nc1ncnn2cccc12. The molecule has 1 unspecified atom stereocenters. The Morgan fingerprint density at radius 1 is 1.54 bits per heavy atom. The molecule has 0 bridgehead atoms. The van der Waals surface area contributed by atoms with Crippen molar-refractivity contribution in [2.45, 2.75) is 44.8 Å². The van der Waals surface area contributed by atoms with E-state index in [4.69, 9.17) is 22.0 Å². The number of aliphatic hydroxyl groups is 2. The Labute approximate surface area is 140 Å². The number of nitrogen functional groups attached to an aromatic ring is 1. The molecule has 0 spiro atoms. The molecule has 0 aliphatic carbocycles. The maximum Gasteiger partial charge on any atom is 0.180 e. The van der Waals surface area contributed by atoms with Gasteiger partial charge in [-0.25, -0.2) is 13.9 Å². The lowest BCUT2D eigenvalue weighted by Gasteiger charge is -2.22. The maximum absolute atomic E-state index is 13.0. The summed E-state index contributed by atoms with van der Waals surface area (Å²) in [6.45, 7) is 4.89. The minimum absolute atomic E-state index is 0.514. The zero-order chi connectivity index (χ0) is 18.3. The summed E-state index contributed by atoms with van der Waals surface area (Å²) in [5.74, 6) is 2.59. The van der Waals surface area contributed by atoms with Gasteiger partial charge in [-0.15, -0.1) is 6.42 Å². The second-order valence-corrected chi connectivity index (χ2v) is 4.89. The first kappa shape index (κ1) is 19.8. The van der Waals surface area contributed by atoms with E-state index >= 15 is 0 Å². The smallest absolute Gasteiger partial charge is 0.180 e. The molecule has 1 aliphatic rings. The fourth-order valence-corrected chi connectivity index (χ4v) is 2.16. The van der Waals surface area contributed by atoms with Crippen LogP contribution in [-0.2, 0) is 4.74 Å². The summed E-state index contributed by atoms with van der Waals surface area (Å²) in [5, 5.41) is 22.0. The van der Waals surface area contributed by atoms with Crippen LogP contribution in [0, 0.1) is 12.3 Å². The summed E-state index contributed by atoms with van der Waals surface area (Å²) in [7, 11) is 0. The number of fused-ring (bicyclic) bond motifs is 1. The Morgan fingerprint density at radius 3 is 2.62 bits per heavy atom. The molecule has 4 atom stereocenters. The quantitative estimate of drug-likeness (QED) is 0.664. The van der Waals surface area contributed by atoms with Crippen LogP contribution in [0.4, 0.5) is 10.2 Å². The molecule has 0 aromatic carbocycles. The highest BCUT2D eigenvalue weighted by atomic mass is 19.1. The van der Waals surface area contributed by atoms with E-state index in [-0.39, 0.29) is 0 Å². The van der Waals surface area contributed by atoms with Gasteiger partial charge in [-0.05, 0) is 19.1 Å². The Kier molecular flexibility index (Phi) is 7.10. The summed E-state index contributed by atoms with van der Waals surface area (Å²) >= 11 is 0. The lowest BCUT2D eigenvalue weighted by molar-refractivity contribution is -0.0672. The van der Waals surface area contributed by atoms with Gasteiger partial charge in [0.15, 0.2) is 17.6 Å². The van der Waals surface area contributed by atoms with Crippen molar-refractivity contribution < 1.29 is 19.3 Å². The van der Waals surface area contributed by atoms with E-state index in [1.165, 1.54) is 13.3 Å². The Morgan fingerprint density at radius 2 is 2.21 bits per heavy atom. The van der Waals surface area contributed by atoms with Crippen LogP contribution >= 0.6 is 0 Å². The summed E-state index contributed by atoms with van der Waals surface area (Å²) in [4.78, 5) is 3.83. The molecule has 2 aromatic rings. The second-order valence-electron chi connectivity index (χ2n) is 4.89. The Balaban J connectivity index is 0.000000220. The third-order valence-electron chi connectivity index (χ3n) is 3.47. The highest BCUT2D eigenvalue weighted by molar-refractivity contribution is 5.63. The van der Waals surface area contributed by atoms with E-state index in [2.05, 4.69) is 16.0 Å². The molecule has 7 nitrogen and oxygen atoms in total. The standard InChI is InChI=1S/C8H11FO3.C6H6N4.C2H6/c1-3-8(4-10)7(11)6(9)5(2)12-8;7-6-5-2-1-3-10(5)9-4-8-6;1-2/h1,5-7,10-11H,4H2,2H3;1-4H,(H2,7,8,9);1-2H3/t5?,6-,7-,8+;;/m0../s1. The largest absolute Gasteiger partial charge is 0.392 e. The van der Waals surface area contributed by atoms with Crippen molar-refractivity contribution >= 4 is 11.3 Å². The van der Waals surface area contributed by atoms with Crippen molar-refractivity contribution in [2.24, 2.45) is 0 Å². The van der Waals surface area contributed by atoms with Gasteiger partial charge in [0.1, 0.15) is 17.9 Å². The van der Waals surface area contributed by atoms with E-state index in [9.17, 15) is 9.50 Å². The number of nitrogens with zero attached hydrogens (tertiary/aromatic N) is 3. The van der Waals surface area contributed by atoms with Crippen LogP contribution in [0.2, 0.25) is 0 Å². The first-order valence-corrected chi connectivity index (χ1v) is 7.57. The summed E-state index contributed by atoms with van der Waals surface area (Å²) < 4.78 is 19.6. The number of terminal acetylenes is 1. The van der Waals surface area contributed by atoms with Gasteiger partial charge in [0.2, 0.25) is 0 Å². The molecule has 2 aromatic heterocycles. The number of hydrogen-bond acceptors (Lipinski definition) is 6. The summed E-state index contributed by atoms with van der Waals surface area (Å²) in [6.07, 6.45) is 4.54. The van der Waals surface area contributed by atoms with E-state index in [1.807, 2.05) is 32.2 Å². The lowest BCUT2D eigenvalue weighted by atomic mass is 9.97. The zero-order valence-corrected chi connectivity index (χ0v) is 13.9. The molecule has 8 heteroatoms. The molecule has 1 saturated heterocycles. The van der Waals surface area contributed by atoms with Gasteiger partial charge in [0, 0.05) is 6.20 Å². The molecule has 1 aliphatic heterocycles. The molecule has 132 valence electrons. The van der Waals surface area contributed by atoms with E-state index < -0.39 is 30.6 Å². The number of hydrogen-bond donors (Lipinski definition) is 3. The normalized spacial score (nSPS) is 28.3. The predicted octanol–water partition coefficient (Wildman–Crippen LogP) is 0.806. The van der Waals surface area contributed by atoms with Crippen molar-refractivity contribution in [3.05, 3.63) is 24.7 Å². The van der Waals surface area contributed by atoms with Gasteiger partial charge in [-0.3, -0.25) is 0 Å². The van der Waals surface area contributed by atoms with Crippen molar-refractivity contribution in [1.29, 1.82) is 0 Å². The first-order valence-electron chi connectivity index (χ1n) is 7.57. The second kappa shape index (κ2) is 8.59. The van der Waals surface area contributed by atoms with Gasteiger partial charge in [-0.1, -0.05) is 19.8 Å². The van der Waals surface area contributed by atoms with E-state index in [1.54, 1.807) is 4.52 Å². The first-order chi connectivity index (χ1) is 11.4. The molecule has 1 fully saturated rings. The Bertz CT molecular complexity index is 687. The number of alkyl halides is 1. The van der Waals surface area contributed by atoms with Gasteiger partial charge in [0.25, 0.3) is 0 Å². The van der Waals surface area contributed by atoms with Crippen LogP contribution < -0.4 is 5.73 Å². The molecule has 24 heavy (non-hydrogen) atoms. The van der Waals surface area contributed by atoms with Crippen molar-refractivity contribution in [3.8, 4) is 12.3 Å². The lowest BCUT2D eigenvalue weighted by Crippen LogP contribution is -2.44. The fourth-order valence-electron chi connectivity index (χ4n) is 2.16. The maximum atomic E-state index is 13.0. The van der Waals surface area contributed by atoms with Gasteiger partial charge >= 0.3 is 0 Å². The van der Waals surface area contributed by atoms with Gasteiger partial charge < -0.3 is 20.7 Å². The minimum atomic E-state index is -1.56. The van der Waals surface area contributed by atoms with E-state index in [0.717, 1.165) is 5.52 Å². The average molecular weight is 338 g/mol. The minimum Gasteiger partial charge on any atom is -0.392 e. The summed E-state index contributed by atoms with van der Waals surface area (Å²) in [5.41, 5.74) is 4.82. The number of aromatic nitrogens is 3. The number of nitrogens with two attached hydrogens (primary N) is 1. The van der Waals surface area contributed by atoms with E-state index in [0.29, 0.717) is 5.82 Å². The Hall–Kier alpha value is -2.21. The van der Waals surface area contributed by atoms with Crippen LogP contribution in [0.25, 0.3) is 5.52 Å². The number of aliphatic hydroxyl groups excluding tert-OH is 2. The monoisotopic (exact) mass is 338 g/mol. The van der Waals surface area contributed by atoms with Crippen LogP contribution in [0.15, 0.2) is 24.7 Å². The molecule has 3 heterocycles. The number of halogens is 1. The number of ether oxygens (including phenoxy) is 1. The molecule has 0 radical (unpaired) electrons. The van der Waals surface area contributed by atoms with Gasteiger partial charge in [0.05, 0.1) is 12.7 Å². The average Bonchev–Trinajstić information content (AvgIpc) is 3.18. The molecular formula is C16H23FN4O3. The highest BCUT2D eigenvalue weighted by Crippen LogP contribution is 2.32. The van der Waals surface area contributed by atoms with Crippen molar-refractivity contribution in [3.63, 3.8) is 0 Å². The van der Waals surface area contributed by atoms with Crippen LogP contribution in [0.5, 0.6) is 0 Å². The fraction of sp³-hybridized carbons (Fsp3) is 0.500. The predicted molar refractivity (Wildman–Crippen MR) is 88.8 cm³/mol. The van der Waals surface area contributed by atoms with Crippen molar-refractivity contribution in [2.75, 3.05) is 12.3 Å². The third-order valence-corrected chi connectivity index (χ3v) is 3.47. The molecule has 3 rings (SSSR count). The number of anilines is 1. The zero-order valence-electron chi connectivity index (χ0n) is 13.9. The molecule has 0 saturated carbocycles. The molecule has 0 amide bonds.